The molecule has 0 aliphatic carbocycles. The monoisotopic (exact) mass is 262 g/mol. The lowest BCUT2D eigenvalue weighted by Crippen LogP contribution is -2.43. The lowest BCUT2D eigenvalue weighted by atomic mass is 9.99. The van der Waals surface area contributed by atoms with Crippen LogP contribution in [0.4, 0.5) is 0 Å². The van der Waals surface area contributed by atoms with Gasteiger partial charge in [0.15, 0.2) is 0 Å². The number of nitrogens with zero attached hydrogens (tertiary/aromatic N) is 1. The molecule has 106 valence electrons. The van der Waals surface area contributed by atoms with Crippen LogP contribution in [0.15, 0.2) is 24.3 Å². The van der Waals surface area contributed by atoms with Crippen molar-refractivity contribution in [2.24, 2.45) is 5.73 Å². The molecule has 1 aliphatic heterocycles. The summed E-state index contributed by atoms with van der Waals surface area (Å²) in [7, 11) is 0. The minimum Gasteiger partial charge on any atom is -0.376 e. The molecule has 3 heteroatoms. The maximum atomic E-state index is 6.32. The zero-order valence-corrected chi connectivity index (χ0v) is 12.1. The van der Waals surface area contributed by atoms with Crippen molar-refractivity contribution in [3.8, 4) is 0 Å². The summed E-state index contributed by atoms with van der Waals surface area (Å²) >= 11 is 0. The van der Waals surface area contributed by atoms with Gasteiger partial charge in [-0.2, -0.15) is 0 Å². The van der Waals surface area contributed by atoms with Crippen molar-refractivity contribution in [3.05, 3.63) is 35.4 Å². The second-order valence-electron chi connectivity index (χ2n) is 5.45. The number of ether oxygens (including phenoxy) is 1. The first-order valence-electron chi connectivity index (χ1n) is 7.35. The van der Waals surface area contributed by atoms with Crippen LogP contribution in [0.1, 0.15) is 36.9 Å². The van der Waals surface area contributed by atoms with Crippen molar-refractivity contribution in [1.29, 1.82) is 0 Å². The molecule has 1 aromatic rings. The highest BCUT2D eigenvalue weighted by Crippen LogP contribution is 2.19. The van der Waals surface area contributed by atoms with E-state index >= 15 is 0 Å². The Morgan fingerprint density at radius 2 is 2.21 bits per heavy atom. The van der Waals surface area contributed by atoms with Crippen molar-refractivity contribution in [2.45, 2.75) is 38.8 Å². The highest BCUT2D eigenvalue weighted by Gasteiger charge is 2.19. The van der Waals surface area contributed by atoms with E-state index in [0.717, 1.165) is 39.1 Å². The average Bonchev–Trinajstić information content (AvgIpc) is 2.45. The summed E-state index contributed by atoms with van der Waals surface area (Å²) in [5.41, 5.74) is 8.90. The fraction of sp³-hybridized carbons (Fsp3) is 0.625. The lowest BCUT2D eigenvalue weighted by Gasteiger charge is -2.33. The molecule has 0 radical (unpaired) electrons. The molecule has 2 atom stereocenters. The average molecular weight is 262 g/mol. The van der Waals surface area contributed by atoms with Gasteiger partial charge >= 0.3 is 0 Å². The highest BCUT2D eigenvalue weighted by atomic mass is 16.5. The maximum absolute atomic E-state index is 6.32. The number of morpholine rings is 1. The molecule has 2 N–H and O–H groups in total. The van der Waals surface area contributed by atoms with E-state index in [1.54, 1.807) is 0 Å². The van der Waals surface area contributed by atoms with Crippen LogP contribution in [0.5, 0.6) is 0 Å². The predicted octanol–water partition coefficient (Wildman–Crippen LogP) is 2.50. The number of hydrogen-bond acceptors (Lipinski definition) is 3. The Morgan fingerprint density at radius 1 is 1.42 bits per heavy atom. The highest BCUT2D eigenvalue weighted by molar-refractivity contribution is 5.28. The van der Waals surface area contributed by atoms with E-state index < -0.39 is 0 Å². The molecule has 1 heterocycles. The number of hydrogen-bond donors (Lipinski definition) is 1. The second-order valence-corrected chi connectivity index (χ2v) is 5.45. The van der Waals surface area contributed by atoms with Crippen LogP contribution in [0, 0.1) is 6.92 Å². The Morgan fingerprint density at radius 3 is 2.95 bits per heavy atom. The molecule has 2 rings (SSSR count). The predicted molar refractivity (Wildman–Crippen MR) is 79.2 cm³/mol. The summed E-state index contributed by atoms with van der Waals surface area (Å²) in [5, 5.41) is 0. The van der Waals surface area contributed by atoms with Crippen molar-refractivity contribution in [3.63, 3.8) is 0 Å². The molecule has 0 bridgehead atoms. The van der Waals surface area contributed by atoms with Gasteiger partial charge in [0.1, 0.15) is 0 Å². The van der Waals surface area contributed by atoms with Crippen LogP contribution in [-0.2, 0) is 4.74 Å². The van der Waals surface area contributed by atoms with Crippen molar-refractivity contribution < 1.29 is 4.74 Å². The Kier molecular flexibility index (Phi) is 5.37. The summed E-state index contributed by atoms with van der Waals surface area (Å²) in [6, 6.07) is 8.57. The molecule has 1 fully saturated rings. The van der Waals surface area contributed by atoms with Crippen molar-refractivity contribution in [1.82, 2.24) is 4.90 Å². The van der Waals surface area contributed by atoms with Gasteiger partial charge in [-0.1, -0.05) is 31.2 Å². The van der Waals surface area contributed by atoms with Gasteiger partial charge in [-0.05, 0) is 30.9 Å². The van der Waals surface area contributed by atoms with E-state index in [9.17, 15) is 0 Å². The van der Waals surface area contributed by atoms with E-state index in [0.29, 0.717) is 6.10 Å². The van der Waals surface area contributed by atoms with Crippen LogP contribution < -0.4 is 5.73 Å². The minimum atomic E-state index is 0.143. The molecule has 0 amide bonds. The smallest absolute Gasteiger partial charge is 0.0700 e. The molecule has 2 unspecified atom stereocenters. The first kappa shape index (κ1) is 14.5. The summed E-state index contributed by atoms with van der Waals surface area (Å²) in [5.74, 6) is 0. The van der Waals surface area contributed by atoms with E-state index in [1.165, 1.54) is 11.1 Å². The Bertz CT molecular complexity index is 394. The first-order valence-corrected chi connectivity index (χ1v) is 7.35. The van der Waals surface area contributed by atoms with Gasteiger partial charge in [0.05, 0.1) is 12.7 Å². The molecule has 0 aromatic heterocycles. The molecule has 3 nitrogen and oxygen atoms in total. The molecule has 0 saturated carbocycles. The van der Waals surface area contributed by atoms with Crippen LogP contribution >= 0.6 is 0 Å². The van der Waals surface area contributed by atoms with Crippen LogP contribution in [0.2, 0.25) is 0 Å². The minimum absolute atomic E-state index is 0.143. The normalized spacial score (nSPS) is 22.4. The van der Waals surface area contributed by atoms with E-state index in [-0.39, 0.29) is 6.04 Å². The molecular formula is C16H26N2O. The first-order chi connectivity index (χ1) is 9.20. The van der Waals surface area contributed by atoms with E-state index in [4.69, 9.17) is 10.5 Å². The molecule has 1 aromatic carbocycles. The van der Waals surface area contributed by atoms with Gasteiger partial charge in [-0.3, -0.25) is 4.90 Å². The van der Waals surface area contributed by atoms with Gasteiger partial charge in [0, 0.05) is 25.7 Å². The fourth-order valence-corrected chi connectivity index (χ4v) is 2.71. The summed E-state index contributed by atoms with van der Waals surface area (Å²) < 4.78 is 5.69. The third-order valence-electron chi connectivity index (χ3n) is 4.02. The molecule has 1 aliphatic rings. The van der Waals surface area contributed by atoms with Gasteiger partial charge < -0.3 is 10.5 Å². The molecular weight excluding hydrogens is 236 g/mol. The standard InChI is InChI=1S/C16H26N2O/c1-3-14-12-18(10-11-19-14)9-8-16(17)15-7-5-4-6-13(15)2/h4-7,14,16H,3,8-12,17H2,1-2H3. The number of rotatable bonds is 5. The number of aryl methyl sites for hydroxylation is 1. The Balaban J connectivity index is 1.83. The second kappa shape index (κ2) is 7.04. The van der Waals surface area contributed by atoms with Gasteiger partial charge in [0.2, 0.25) is 0 Å². The van der Waals surface area contributed by atoms with Gasteiger partial charge in [-0.15, -0.1) is 0 Å². The zero-order chi connectivity index (χ0) is 13.7. The quantitative estimate of drug-likeness (QED) is 0.886. The largest absolute Gasteiger partial charge is 0.376 e. The summed E-state index contributed by atoms with van der Waals surface area (Å²) in [6.07, 6.45) is 2.52. The van der Waals surface area contributed by atoms with Crippen molar-refractivity contribution >= 4 is 0 Å². The molecule has 19 heavy (non-hydrogen) atoms. The zero-order valence-electron chi connectivity index (χ0n) is 12.1. The number of benzene rings is 1. The SMILES string of the molecule is CCC1CN(CCC(N)c2ccccc2C)CCO1. The molecule has 0 spiro atoms. The third kappa shape index (κ3) is 4.03. The molecule has 1 saturated heterocycles. The lowest BCUT2D eigenvalue weighted by molar-refractivity contribution is -0.0302. The van der Waals surface area contributed by atoms with E-state index in [1.807, 2.05) is 0 Å². The Labute approximate surface area is 116 Å². The van der Waals surface area contributed by atoms with Crippen LogP contribution in [0.25, 0.3) is 0 Å². The van der Waals surface area contributed by atoms with Gasteiger partial charge in [-0.25, -0.2) is 0 Å². The maximum Gasteiger partial charge on any atom is 0.0700 e. The van der Waals surface area contributed by atoms with Crippen molar-refractivity contribution in [2.75, 3.05) is 26.2 Å². The fourth-order valence-electron chi connectivity index (χ4n) is 2.71. The topological polar surface area (TPSA) is 38.5 Å². The van der Waals surface area contributed by atoms with Gasteiger partial charge in [0.25, 0.3) is 0 Å². The Hall–Kier alpha value is -0.900. The van der Waals surface area contributed by atoms with Crippen LogP contribution in [-0.4, -0.2) is 37.2 Å². The van der Waals surface area contributed by atoms with E-state index in [2.05, 4.69) is 43.0 Å². The summed E-state index contributed by atoms with van der Waals surface area (Å²) in [4.78, 5) is 2.48. The number of nitrogens with two attached hydrogens (primary N) is 1. The van der Waals surface area contributed by atoms with Crippen LogP contribution in [0.3, 0.4) is 0 Å². The third-order valence-corrected chi connectivity index (χ3v) is 4.02. The summed E-state index contributed by atoms with van der Waals surface area (Å²) in [6.45, 7) is 8.34.